The lowest BCUT2D eigenvalue weighted by Gasteiger charge is -2.16. The summed E-state index contributed by atoms with van der Waals surface area (Å²) in [5.74, 6) is -0.695. The van der Waals surface area contributed by atoms with Crippen molar-refractivity contribution in [3.8, 4) is 0 Å². The normalized spacial score (nSPS) is 12.8. The predicted molar refractivity (Wildman–Crippen MR) is 70.1 cm³/mol. The number of nitrogens with zero attached hydrogens (tertiary/aromatic N) is 1. The molecule has 2 N–H and O–H groups in total. The standard InChI is InChI=1S/C12H13N3O4S/c1-19-12(16)11(9-5-3-2-4-6-9)15-20(17,18)10-7-8-13-14-10/h2-8,11,15H,1H3,(H,13,14). The highest BCUT2D eigenvalue weighted by Crippen LogP contribution is 2.17. The maximum Gasteiger partial charge on any atom is 0.328 e. The zero-order valence-electron chi connectivity index (χ0n) is 10.6. The second kappa shape index (κ2) is 5.85. The molecular weight excluding hydrogens is 282 g/mol. The first-order valence-corrected chi connectivity index (χ1v) is 7.17. The van der Waals surface area contributed by atoms with E-state index < -0.39 is 22.0 Å². The molecule has 0 radical (unpaired) electrons. The van der Waals surface area contributed by atoms with Crippen molar-refractivity contribution in [1.82, 2.24) is 14.9 Å². The van der Waals surface area contributed by atoms with Crippen LogP contribution in [-0.2, 0) is 19.6 Å². The number of hydrogen-bond donors (Lipinski definition) is 2. The van der Waals surface area contributed by atoms with Gasteiger partial charge in [-0.05, 0) is 11.6 Å². The zero-order chi connectivity index (χ0) is 14.6. The van der Waals surface area contributed by atoms with E-state index in [2.05, 4.69) is 19.7 Å². The minimum Gasteiger partial charge on any atom is -0.468 e. The minimum absolute atomic E-state index is 0.123. The number of ether oxygens (including phenoxy) is 1. The van der Waals surface area contributed by atoms with E-state index in [1.54, 1.807) is 30.3 Å². The van der Waals surface area contributed by atoms with Gasteiger partial charge in [0, 0.05) is 0 Å². The molecule has 0 spiro atoms. The summed E-state index contributed by atoms with van der Waals surface area (Å²) in [4.78, 5) is 11.8. The van der Waals surface area contributed by atoms with Crippen molar-refractivity contribution in [1.29, 1.82) is 0 Å². The average Bonchev–Trinajstić information content (AvgIpc) is 3.00. The summed E-state index contributed by atoms with van der Waals surface area (Å²) in [5.41, 5.74) is 0.488. The Labute approximate surface area is 116 Å². The number of aromatic amines is 1. The Morgan fingerprint density at radius 2 is 2.00 bits per heavy atom. The summed E-state index contributed by atoms with van der Waals surface area (Å²) >= 11 is 0. The van der Waals surface area contributed by atoms with Crippen LogP contribution in [0.5, 0.6) is 0 Å². The molecule has 0 aliphatic carbocycles. The van der Waals surface area contributed by atoms with Gasteiger partial charge in [0.25, 0.3) is 10.0 Å². The minimum atomic E-state index is -3.89. The molecule has 1 aromatic carbocycles. The number of rotatable bonds is 5. The van der Waals surface area contributed by atoms with E-state index in [0.29, 0.717) is 5.56 Å². The predicted octanol–water partition coefficient (Wildman–Crippen LogP) is 0.602. The van der Waals surface area contributed by atoms with Crippen molar-refractivity contribution in [2.24, 2.45) is 0 Å². The van der Waals surface area contributed by atoms with Crippen LogP contribution in [0, 0.1) is 0 Å². The van der Waals surface area contributed by atoms with Gasteiger partial charge in [0.2, 0.25) is 0 Å². The van der Waals surface area contributed by atoms with Gasteiger partial charge in [-0.15, -0.1) is 0 Å². The molecule has 0 aliphatic heterocycles. The van der Waals surface area contributed by atoms with E-state index >= 15 is 0 Å². The number of H-pyrrole nitrogens is 1. The molecule has 0 saturated heterocycles. The molecule has 0 aliphatic rings. The van der Waals surface area contributed by atoms with Crippen LogP contribution in [0.4, 0.5) is 0 Å². The van der Waals surface area contributed by atoms with Crippen molar-refractivity contribution < 1.29 is 17.9 Å². The smallest absolute Gasteiger partial charge is 0.328 e. The molecule has 20 heavy (non-hydrogen) atoms. The van der Waals surface area contributed by atoms with Gasteiger partial charge in [0.15, 0.2) is 5.03 Å². The molecule has 1 heterocycles. The van der Waals surface area contributed by atoms with Crippen LogP contribution in [0.2, 0.25) is 0 Å². The Balaban J connectivity index is 2.33. The van der Waals surface area contributed by atoms with Crippen molar-refractivity contribution in [3.63, 3.8) is 0 Å². The lowest BCUT2D eigenvalue weighted by Crippen LogP contribution is -2.34. The number of carbonyl (C=O) groups excluding carboxylic acids is 1. The number of methoxy groups -OCH3 is 1. The number of esters is 1. The highest BCUT2D eigenvalue weighted by atomic mass is 32.2. The van der Waals surface area contributed by atoms with E-state index in [-0.39, 0.29) is 5.03 Å². The van der Waals surface area contributed by atoms with E-state index in [4.69, 9.17) is 0 Å². The first-order valence-electron chi connectivity index (χ1n) is 5.69. The summed E-state index contributed by atoms with van der Waals surface area (Å²) in [6.07, 6.45) is 1.31. The van der Waals surface area contributed by atoms with Gasteiger partial charge < -0.3 is 4.74 Å². The fourth-order valence-electron chi connectivity index (χ4n) is 1.63. The third kappa shape index (κ3) is 3.03. The van der Waals surface area contributed by atoms with Crippen LogP contribution < -0.4 is 4.72 Å². The molecule has 8 heteroatoms. The molecular formula is C12H13N3O4S. The molecule has 106 valence electrons. The fourth-order valence-corrected chi connectivity index (χ4v) is 2.71. The van der Waals surface area contributed by atoms with Gasteiger partial charge in [-0.1, -0.05) is 30.3 Å². The van der Waals surface area contributed by atoms with E-state index in [1.165, 1.54) is 19.4 Å². The lowest BCUT2D eigenvalue weighted by molar-refractivity contribution is -0.142. The number of nitrogens with one attached hydrogen (secondary N) is 2. The van der Waals surface area contributed by atoms with E-state index in [9.17, 15) is 13.2 Å². The Bertz CT molecular complexity index is 668. The van der Waals surface area contributed by atoms with Crippen LogP contribution >= 0.6 is 0 Å². The second-order valence-corrected chi connectivity index (χ2v) is 5.59. The second-order valence-electron chi connectivity index (χ2n) is 3.91. The number of hydrogen-bond acceptors (Lipinski definition) is 5. The highest BCUT2D eigenvalue weighted by Gasteiger charge is 2.28. The average molecular weight is 295 g/mol. The summed E-state index contributed by atoms with van der Waals surface area (Å²) in [7, 11) is -2.69. The molecule has 2 aromatic rings. The number of aromatic nitrogens is 2. The van der Waals surface area contributed by atoms with Gasteiger partial charge in [-0.25, -0.2) is 13.2 Å². The molecule has 0 amide bonds. The third-order valence-corrected chi connectivity index (χ3v) is 3.96. The first kappa shape index (κ1) is 14.2. The van der Waals surface area contributed by atoms with Crippen LogP contribution in [0.3, 0.4) is 0 Å². The van der Waals surface area contributed by atoms with Crippen LogP contribution in [0.1, 0.15) is 11.6 Å². The monoisotopic (exact) mass is 295 g/mol. The maximum absolute atomic E-state index is 12.1. The van der Waals surface area contributed by atoms with Crippen LogP contribution in [-0.4, -0.2) is 31.7 Å². The topological polar surface area (TPSA) is 101 Å². The molecule has 1 aromatic heterocycles. The molecule has 1 atom stereocenters. The van der Waals surface area contributed by atoms with E-state index in [0.717, 1.165) is 0 Å². The van der Waals surface area contributed by atoms with E-state index in [1.807, 2.05) is 0 Å². The van der Waals surface area contributed by atoms with Gasteiger partial charge in [0.05, 0.1) is 13.3 Å². The quantitative estimate of drug-likeness (QED) is 0.787. The number of benzene rings is 1. The molecule has 0 bridgehead atoms. The summed E-state index contributed by atoms with van der Waals surface area (Å²) in [6.45, 7) is 0. The number of carbonyl (C=O) groups is 1. The molecule has 0 fully saturated rings. The molecule has 2 rings (SSSR count). The Morgan fingerprint density at radius 3 is 2.55 bits per heavy atom. The first-order chi connectivity index (χ1) is 9.54. The van der Waals surface area contributed by atoms with Gasteiger partial charge in [-0.3, -0.25) is 5.10 Å². The Morgan fingerprint density at radius 1 is 1.30 bits per heavy atom. The van der Waals surface area contributed by atoms with Gasteiger partial charge >= 0.3 is 5.97 Å². The molecule has 1 unspecified atom stereocenters. The maximum atomic E-state index is 12.1. The summed E-state index contributed by atoms with van der Waals surface area (Å²) in [6, 6.07) is 8.62. The Kier molecular flexibility index (Phi) is 4.16. The van der Waals surface area contributed by atoms with Crippen LogP contribution in [0.25, 0.3) is 0 Å². The van der Waals surface area contributed by atoms with Gasteiger partial charge in [-0.2, -0.15) is 9.82 Å². The molecule has 0 saturated carbocycles. The van der Waals surface area contributed by atoms with Crippen molar-refractivity contribution >= 4 is 16.0 Å². The van der Waals surface area contributed by atoms with Gasteiger partial charge in [0.1, 0.15) is 6.04 Å². The van der Waals surface area contributed by atoms with Crippen LogP contribution in [0.15, 0.2) is 47.6 Å². The zero-order valence-corrected chi connectivity index (χ0v) is 11.4. The number of sulfonamides is 1. The highest BCUT2D eigenvalue weighted by molar-refractivity contribution is 7.89. The lowest BCUT2D eigenvalue weighted by atomic mass is 10.1. The van der Waals surface area contributed by atoms with Crippen molar-refractivity contribution in [2.75, 3.05) is 7.11 Å². The summed E-state index contributed by atoms with van der Waals surface area (Å²) < 4.78 is 31.1. The Hall–Kier alpha value is -2.19. The largest absolute Gasteiger partial charge is 0.468 e. The molecule has 7 nitrogen and oxygen atoms in total. The third-order valence-electron chi connectivity index (χ3n) is 2.61. The summed E-state index contributed by atoms with van der Waals surface area (Å²) in [5, 5.41) is 5.79. The van der Waals surface area contributed by atoms with Crippen molar-refractivity contribution in [2.45, 2.75) is 11.1 Å². The van der Waals surface area contributed by atoms with Crippen molar-refractivity contribution in [3.05, 3.63) is 48.2 Å². The SMILES string of the molecule is COC(=O)C(NS(=O)(=O)c1ccn[nH]1)c1ccccc1. The fraction of sp³-hybridized carbons (Fsp3) is 0.167.